The van der Waals surface area contributed by atoms with Crippen LogP contribution in [0, 0.1) is 10.1 Å². The van der Waals surface area contributed by atoms with E-state index in [4.69, 9.17) is 16.1 Å². The molecule has 0 aliphatic carbocycles. The van der Waals surface area contributed by atoms with Crippen LogP contribution in [-0.4, -0.2) is 31.9 Å². The molecule has 0 bridgehead atoms. The van der Waals surface area contributed by atoms with Gasteiger partial charge in [-0.25, -0.2) is 4.79 Å². The summed E-state index contributed by atoms with van der Waals surface area (Å²) >= 11 is 6.12. The summed E-state index contributed by atoms with van der Waals surface area (Å²) < 4.78 is 5.21. The van der Waals surface area contributed by atoms with E-state index in [0.717, 1.165) is 4.90 Å². The van der Waals surface area contributed by atoms with Crippen molar-refractivity contribution in [2.45, 2.75) is 19.0 Å². The van der Waals surface area contributed by atoms with E-state index in [1.54, 1.807) is 24.3 Å². The minimum atomic E-state index is -1.37. The number of nitro groups is 1. The van der Waals surface area contributed by atoms with Crippen LogP contribution in [0.25, 0.3) is 11.5 Å². The van der Waals surface area contributed by atoms with Crippen LogP contribution in [-0.2, 0) is 16.9 Å². The lowest BCUT2D eigenvalue weighted by molar-refractivity contribution is -0.384. The quantitative estimate of drug-likeness (QED) is 0.375. The predicted molar refractivity (Wildman–Crippen MR) is 104 cm³/mol. The molecule has 0 saturated carbocycles. The van der Waals surface area contributed by atoms with E-state index in [1.807, 2.05) is 0 Å². The van der Waals surface area contributed by atoms with Gasteiger partial charge in [-0.05, 0) is 36.8 Å². The van der Waals surface area contributed by atoms with Crippen LogP contribution in [0.3, 0.4) is 0 Å². The van der Waals surface area contributed by atoms with Crippen LogP contribution in [0.15, 0.2) is 53.1 Å². The Labute approximate surface area is 174 Å². The normalized spacial score (nSPS) is 18.5. The van der Waals surface area contributed by atoms with Crippen molar-refractivity contribution in [1.29, 1.82) is 0 Å². The lowest BCUT2D eigenvalue weighted by Crippen LogP contribution is -2.40. The number of amides is 3. The number of carbonyl (C=O) groups excluding carboxylic acids is 2. The van der Waals surface area contributed by atoms with Gasteiger partial charge < -0.3 is 9.84 Å². The number of imide groups is 1. The van der Waals surface area contributed by atoms with Crippen LogP contribution in [0.1, 0.15) is 18.3 Å². The SMILES string of the molecule is CC1(c2ccc([N+](=O)[O-])cc2)NC(=O)N(Cc2noc(-c3ccccc3Cl)n2)C1=O. The van der Waals surface area contributed by atoms with Crippen molar-refractivity contribution in [3.05, 3.63) is 75.1 Å². The summed E-state index contributed by atoms with van der Waals surface area (Å²) in [7, 11) is 0. The van der Waals surface area contributed by atoms with Crippen molar-refractivity contribution in [1.82, 2.24) is 20.4 Å². The van der Waals surface area contributed by atoms with E-state index in [-0.39, 0.29) is 23.9 Å². The lowest BCUT2D eigenvalue weighted by Gasteiger charge is -2.21. The van der Waals surface area contributed by atoms with E-state index >= 15 is 0 Å². The molecule has 1 saturated heterocycles. The number of non-ortho nitro benzene ring substituents is 1. The number of urea groups is 1. The molecule has 0 spiro atoms. The topological polar surface area (TPSA) is 131 Å². The summed E-state index contributed by atoms with van der Waals surface area (Å²) in [5, 5.41) is 17.7. The highest BCUT2D eigenvalue weighted by Gasteiger charge is 2.49. The van der Waals surface area contributed by atoms with Gasteiger partial charge in [0.05, 0.1) is 22.1 Å². The van der Waals surface area contributed by atoms with Crippen LogP contribution in [0.5, 0.6) is 0 Å². The van der Waals surface area contributed by atoms with Gasteiger partial charge in [0, 0.05) is 12.1 Å². The molecule has 10 nitrogen and oxygen atoms in total. The number of benzene rings is 2. The second-order valence-corrected chi connectivity index (χ2v) is 7.15. The number of aromatic nitrogens is 2. The average Bonchev–Trinajstić information content (AvgIpc) is 3.27. The van der Waals surface area contributed by atoms with E-state index in [0.29, 0.717) is 16.1 Å². The van der Waals surface area contributed by atoms with Gasteiger partial charge >= 0.3 is 6.03 Å². The first-order chi connectivity index (χ1) is 14.3. The third kappa shape index (κ3) is 3.26. The molecular formula is C19H14ClN5O5. The first-order valence-corrected chi connectivity index (χ1v) is 9.14. The molecule has 3 amide bonds. The number of carbonyl (C=O) groups is 2. The number of rotatable bonds is 5. The summed E-state index contributed by atoms with van der Waals surface area (Å²) in [6.07, 6.45) is 0. The predicted octanol–water partition coefficient (Wildman–Crippen LogP) is 3.27. The minimum absolute atomic E-state index is 0.116. The maximum Gasteiger partial charge on any atom is 0.325 e. The van der Waals surface area contributed by atoms with Crippen LogP contribution < -0.4 is 5.32 Å². The van der Waals surface area contributed by atoms with E-state index in [2.05, 4.69) is 15.5 Å². The summed E-state index contributed by atoms with van der Waals surface area (Å²) in [6.45, 7) is 1.32. The zero-order valence-corrected chi connectivity index (χ0v) is 16.3. The summed E-state index contributed by atoms with van der Waals surface area (Å²) in [4.78, 5) is 40.9. The van der Waals surface area contributed by atoms with Crippen molar-refractivity contribution < 1.29 is 19.0 Å². The van der Waals surface area contributed by atoms with Gasteiger partial charge in [0.15, 0.2) is 5.82 Å². The fraction of sp³-hybridized carbons (Fsp3) is 0.158. The number of nitro benzene ring substituents is 1. The number of nitrogens with zero attached hydrogens (tertiary/aromatic N) is 4. The Morgan fingerprint density at radius 3 is 2.57 bits per heavy atom. The molecule has 0 radical (unpaired) electrons. The fourth-order valence-electron chi connectivity index (χ4n) is 3.16. The first-order valence-electron chi connectivity index (χ1n) is 8.76. The Hall–Kier alpha value is -3.79. The molecule has 152 valence electrons. The lowest BCUT2D eigenvalue weighted by atomic mass is 9.92. The summed E-state index contributed by atoms with van der Waals surface area (Å²) in [5.74, 6) is -0.243. The standard InChI is InChI=1S/C19H14ClN5O5/c1-19(11-6-8-12(9-7-11)25(28)29)17(26)24(18(27)22-19)10-15-21-16(30-23-15)13-4-2-3-5-14(13)20/h2-9H,10H2,1H3,(H,22,27). The van der Waals surface area contributed by atoms with Crippen molar-refractivity contribution in [2.75, 3.05) is 0 Å². The Morgan fingerprint density at radius 2 is 1.90 bits per heavy atom. The molecule has 11 heteroatoms. The highest BCUT2D eigenvalue weighted by Crippen LogP contribution is 2.31. The Bertz CT molecular complexity index is 1160. The summed E-state index contributed by atoms with van der Waals surface area (Å²) in [6, 6.07) is 11.7. The summed E-state index contributed by atoms with van der Waals surface area (Å²) in [5.41, 5.74) is -0.541. The smallest absolute Gasteiger partial charge is 0.325 e. The van der Waals surface area contributed by atoms with E-state index < -0.39 is 22.4 Å². The second-order valence-electron chi connectivity index (χ2n) is 6.75. The molecular weight excluding hydrogens is 414 g/mol. The molecule has 30 heavy (non-hydrogen) atoms. The fourth-order valence-corrected chi connectivity index (χ4v) is 3.37. The highest BCUT2D eigenvalue weighted by molar-refractivity contribution is 6.33. The van der Waals surface area contributed by atoms with E-state index in [1.165, 1.54) is 31.2 Å². The van der Waals surface area contributed by atoms with Gasteiger partial charge in [0.1, 0.15) is 5.54 Å². The Morgan fingerprint density at radius 1 is 1.20 bits per heavy atom. The zero-order chi connectivity index (χ0) is 21.5. The third-order valence-electron chi connectivity index (χ3n) is 4.80. The van der Waals surface area contributed by atoms with Gasteiger partial charge in [-0.3, -0.25) is 19.8 Å². The molecule has 1 aromatic heterocycles. The van der Waals surface area contributed by atoms with Crippen LogP contribution >= 0.6 is 11.6 Å². The zero-order valence-electron chi connectivity index (χ0n) is 15.5. The average molecular weight is 428 g/mol. The maximum atomic E-state index is 13.0. The van der Waals surface area contributed by atoms with Gasteiger partial charge in [-0.2, -0.15) is 4.98 Å². The van der Waals surface area contributed by atoms with Gasteiger partial charge in [0.25, 0.3) is 17.5 Å². The van der Waals surface area contributed by atoms with E-state index in [9.17, 15) is 19.7 Å². The molecule has 1 aliphatic rings. The number of halogens is 1. The molecule has 1 fully saturated rings. The number of nitrogens with one attached hydrogen (secondary N) is 1. The van der Waals surface area contributed by atoms with Gasteiger partial charge in [0.2, 0.25) is 0 Å². The molecule has 2 aromatic carbocycles. The molecule has 1 aliphatic heterocycles. The third-order valence-corrected chi connectivity index (χ3v) is 5.13. The maximum absolute atomic E-state index is 13.0. The van der Waals surface area contributed by atoms with Crippen molar-refractivity contribution in [3.63, 3.8) is 0 Å². The second kappa shape index (κ2) is 7.23. The molecule has 4 rings (SSSR count). The molecule has 1 N–H and O–H groups in total. The molecule has 2 heterocycles. The number of hydrogen-bond acceptors (Lipinski definition) is 7. The molecule has 3 aromatic rings. The van der Waals surface area contributed by atoms with Gasteiger partial charge in [-0.1, -0.05) is 28.9 Å². The van der Waals surface area contributed by atoms with Crippen LogP contribution in [0.2, 0.25) is 5.02 Å². The Kier molecular flexibility index (Phi) is 4.70. The first kappa shape index (κ1) is 19.5. The Balaban J connectivity index is 1.56. The largest absolute Gasteiger partial charge is 0.334 e. The molecule has 1 unspecified atom stereocenters. The van der Waals surface area contributed by atoms with Crippen LogP contribution in [0.4, 0.5) is 10.5 Å². The van der Waals surface area contributed by atoms with Crippen molar-refractivity contribution in [2.24, 2.45) is 0 Å². The van der Waals surface area contributed by atoms with Crippen molar-refractivity contribution >= 4 is 29.2 Å². The number of hydrogen-bond donors (Lipinski definition) is 1. The van der Waals surface area contributed by atoms with Gasteiger partial charge in [-0.15, -0.1) is 0 Å². The molecule has 1 atom stereocenters. The minimum Gasteiger partial charge on any atom is -0.334 e. The van der Waals surface area contributed by atoms with Crippen molar-refractivity contribution in [3.8, 4) is 11.5 Å². The monoisotopic (exact) mass is 427 g/mol. The highest BCUT2D eigenvalue weighted by atomic mass is 35.5.